The van der Waals surface area contributed by atoms with E-state index < -0.39 is 0 Å². The molecule has 1 aromatic rings. The molecule has 0 saturated carbocycles. The summed E-state index contributed by atoms with van der Waals surface area (Å²) in [6.45, 7) is 4.06. The molecule has 2 aliphatic heterocycles. The second-order valence-corrected chi connectivity index (χ2v) is 5.55. The van der Waals surface area contributed by atoms with Crippen LogP contribution in [0.1, 0.15) is 12.0 Å². The maximum absolute atomic E-state index is 12.4. The van der Waals surface area contributed by atoms with Gasteiger partial charge in [0.15, 0.2) is 0 Å². The molecule has 0 aromatic heterocycles. The van der Waals surface area contributed by atoms with E-state index in [1.165, 1.54) is 5.56 Å². The van der Waals surface area contributed by atoms with Gasteiger partial charge in [-0.3, -0.25) is 9.69 Å². The Morgan fingerprint density at radius 2 is 2.10 bits per heavy atom. The van der Waals surface area contributed by atoms with Crippen LogP contribution in [0, 0.1) is 5.92 Å². The van der Waals surface area contributed by atoms with Crippen LogP contribution < -0.4 is 10.6 Å². The molecule has 5 heteroatoms. The molecule has 1 unspecified atom stereocenters. The summed E-state index contributed by atoms with van der Waals surface area (Å²) in [5.41, 5.74) is 8.08. The Morgan fingerprint density at radius 1 is 1.30 bits per heavy atom. The number of hydrogen-bond acceptors (Lipinski definition) is 3. The second-order valence-electron chi connectivity index (χ2n) is 5.55. The van der Waals surface area contributed by atoms with E-state index >= 15 is 0 Å². The van der Waals surface area contributed by atoms with E-state index in [0.717, 1.165) is 44.7 Å². The molecule has 0 radical (unpaired) electrons. The zero-order chi connectivity index (χ0) is 13.2. The van der Waals surface area contributed by atoms with Crippen molar-refractivity contribution in [3.8, 4) is 0 Å². The van der Waals surface area contributed by atoms with Crippen LogP contribution in [0.2, 0.25) is 0 Å². The van der Waals surface area contributed by atoms with Gasteiger partial charge in [0.25, 0.3) is 0 Å². The van der Waals surface area contributed by atoms with Crippen LogP contribution in [-0.2, 0) is 11.2 Å². The maximum Gasteiger partial charge on any atom is 0.241 e. The van der Waals surface area contributed by atoms with Crippen LogP contribution in [0.4, 0.5) is 5.69 Å². The van der Waals surface area contributed by atoms with Crippen molar-refractivity contribution in [2.75, 3.05) is 37.6 Å². The number of halogens is 1. The Kier molecular flexibility index (Phi) is 5.02. The van der Waals surface area contributed by atoms with Crippen molar-refractivity contribution in [3.05, 3.63) is 29.8 Å². The number of amides is 1. The van der Waals surface area contributed by atoms with Gasteiger partial charge in [0, 0.05) is 18.8 Å². The number of fused-ring (bicyclic) bond motifs is 1. The van der Waals surface area contributed by atoms with Gasteiger partial charge in [0.2, 0.25) is 5.91 Å². The van der Waals surface area contributed by atoms with E-state index in [-0.39, 0.29) is 18.3 Å². The number of carbonyl (C=O) groups is 1. The van der Waals surface area contributed by atoms with Crippen molar-refractivity contribution < 1.29 is 4.79 Å². The third-order valence-corrected chi connectivity index (χ3v) is 4.25. The Morgan fingerprint density at radius 3 is 2.85 bits per heavy atom. The summed E-state index contributed by atoms with van der Waals surface area (Å²) < 4.78 is 0. The highest BCUT2D eigenvalue weighted by molar-refractivity contribution is 5.96. The predicted octanol–water partition coefficient (Wildman–Crippen LogP) is 1.28. The number of likely N-dealkylation sites (tertiary alicyclic amines) is 1. The molecule has 1 fully saturated rings. The molecule has 1 saturated heterocycles. The predicted molar refractivity (Wildman–Crippen MR) is 83.3 cm³/mol. The van der Waals surface area contributed by atoms with Crippen LogP contribution in [0.25, 0.3) is 0 Å². The summed E-state index contributed by atoms with van der Waals surface area (Å²) >= 11 is 0. The van der Waals surface area contributed by atoms with E-state index in [4.69, 9.17) is 5.73 Å². The highest BCUT2D eigenvalue weighted by Crippen LogP contribution is 2.27. The minimum atomic E-state index is 0. The zero-order valence-electron chi connectivity index (χ0n) is 11.6. The first-order chi connectivity index (χ1) is 9.28. The summed E-state index contributed by atoms with van der Waals surface area (Å²) in [6.07, 6.45) is 2.10. The first-order valence-electron chi connectivity index (χ1n) is 7.08. The monoisotopic (exact) mass is 295 g/mol. The molecule has 0 bridgehead atoms. The molecular formula is C15H22ClN3O. The van der Waals surface area contributed by atoms with Crippen molar-refractivity contribution in [1.82, 2.24) is 4.90 Å². The quantitative estimate of drug-likeness (QED) is 0.914. The smallest absolute Gasteiger partial charge is 0.241 e. The fourth-order valence-electron chi connectivity index (χ4n) is 3.12. The number of carbonyl (C=O) groups excluding carboxylic acids is 1. The standard InChI is InChI=1S/C15H21N3O.ClH/c16-9-12-5-7-17(10-12)11-15(19)18-8-6-13-3-1-2-4-14(13)18;/h1-4,12H,5-11,16H2;1H. The highest BCUT2D eigenvalue weighted by Gasteiger charge is 2.28. The van der Waals surface area contributed by atoms with Gasteiger partial charge >= 0.3 is 0 Å². The third-order valence-electron chi connectivity index (χ3n) is 4.25. The summed E-state index contributed by atoms with van der Waals surface area (Å²) in [4.78, 5) is 16.6. The molecule has 2 aliphatic rings. The average Bonchev–Trinajstić information content (AvgIpc) is 3.04. The van der Waals surface area contributed by atoms with Crippen molar-refractivity contribution in [3.63, 3.8) is 0 Å². The molecule has 2 heterocycles. The molecule has 2 N–H and O–H groups in total. The summed E-state index contributed by atoms with van der Waals surface area (Å²) in [6, 6.07) is 8.21. The highest BCUT2D eigenvalue weighted by atomic mass is 35.5. The van der Waals surface area contributed by atoms with Gasteiger partial charge in [-0.15, -0.1) is 12.4 Å². The fourth-order valence-corrected chi connectivity index (χ4v) is 3.12. The van der Waals surface area contributed by atoms with Gasteiger partial charge < -0.3 is 10.6 Å². The van der Waals surface area contributed by atoms with Crippen molar-refractivity contribution in [2.24, 2.45) is 11.7 Å². The van der Waals surface area contributed by atoms with E-state index in [1.807, 2.05) is 23.1 Å². The van der Waals surface area contributed by atoms with E-state index in [9.17, 15) is 4.79 Å². The Bertz CT molecular complexity index is 480. The topological polar surface area (TPSA) is 49.6 Å². The Hall–Kier alpha value is -1.10. The van der Waals surface area contributed by atoms with Gasteiger partial charge in [0.05, 0.1) is 6.54 Å². The minimum absolute atomic E-state index is 0. The van der Waals surface area contributed by atoms with Crippen molar-refractivity contribution >= 4 is 24.0 Å². The molecule has 20 heavy (non-hydrogen) atoms. The molecule has 1 amide bonds. The fraction of sp³-hybridized carbons (Fsp3) is 0.533. The van der Waals surface area contributed by atoms with Gasteiger partial charge in [-0.1, -0.05) is 18.2 Å². The van der Waals surface area contributed by atoms with Gasteiger partial charge in [-0.25, -0.2) is 0 Å². The number of para-hydroxylation sites is 1. The lowest BCUT2D eigenvalue weighted by atomic mass is 10.1. The first-order valence-corrected chi connectivity index (χ1v) is 7.08. The molecule has 4 nitrogen and oxygen atoms in total. The second kappa shape index (κ2) is 6.57. The van der Waals surface area contributed by atoms with Gasteiger partial charge in [-0.05, 0) is 43.5 Å². The van der Waals surface area contributed by atoms with Crippen LogP contribution in [0.5, 0.6) is 0 Å². The summed E-state index contributed by atoms with van der Waals surface area (Å²) in [7, 11) is 0. The lowest BCUT2D eigenvalue weighted by molar-refractivity contribution is -0.119. The van der Waals surface area contributed by atoms with Crippen LogP contribution in [-0.4, -0.2) is 43.5 Å². The van der Waals surface area contributed by atoms with Crippen LogP contribution >= 0.6 is 12.4 Å². The molecule has 1 atom stereocenters. The Balaban J connectivity index is 0.00000147. The lowest BCUT2D eigenvalue weighted by Gasteiger charge is -2.21. The van der Waals surface area contributed by atoms with Gasteiger partial charge in [0.1, 0.15) is 0 Å². The first kappa shape index (κ1) is 15.3. The summed E-state index contributed by atoms with van der Waals surface area (Å²) in [5, 5.41) is 0. The third kappa shape index (κ3) is 2.97. The van der Waals surface area contributed by atoms with Crippen molar-refractivity contribution in [1.29, 1.82) is 0 Å². The molecule has 110 valence electrons. The number of nitrogens with two attached hydrogens (primary N) is 1. The normalized spacial score (nSPS) is 21.6. The largest absolute Gasteiger partial charge is 0.330 e. The van der Waals surface area contributed by atoms with Crippen LogP contribution in [0.15, 0.2) is 24.3 Å². The number of nitrogens with zero attached hydrogens (tertiary/aromatic N) is 2. The molecule has 3 rings (SSSR count). The zero-order valence-corrected chi connectivity index (χ0v) is 12.4. The van der Waals surface area contributed by atoms with Gasteiger partial charge in [-0.2, -0.15) is 0 Å². The lowest BCUT2D eigenvalue weighted by Crippen LogP contribution is -2.39. The number of benzene rings is 1. The molecular weight excluding hydrogens is 274 g/mol. The van der Waals surface area contributed by atoms with E-state index in [0.29, 0.717) is 12.5 Å². The SMILES string of the molecule is Cl.NCC1CCN(CC(=O)N2CCc3ccccc32)C1. The molecule has 0 spiro atoms. The van der Waals surface area contributed by atoms with Crippen LogP contribution in [0.3, 0.4) is 0 Å². The van der Waals surface area contributed by atoms with E-state index in [1.54, 1.807) is 0 Å². The number of rotatable bonds is 3. The minimum Gasteiger partial charge on any atom is -0.330 e. The van der Waals surface area contributed by atoms with E-state index in [2.05, 4.69) is 11.0 Å². The maximum atomic E-state index is 12.4. The number of anilines is 1. The van der Waals surface area contributed by atoms with Crippen molar-refractivity contribution in [2.45, 2.75) is 12.8 Å². The molecule has 0 aliphatic carbocycles. The Labute approximate surface area is 126 Å². The molecule has 1 aromatic carbocycles. The number of hydrogen-bond donors (Lipinski definition) is 1. The average molecular weight is 296 g/mol. The summed E-state index contributed by atoms with van der Waals surface area (Å²) in [5.74, 6) is 0.793.